The lowest BCUT2D eigenvalue weighted by Crippen LogP contribution is -1.87. The summed E-state index contributed by atoms with van der Waals surface area (Å²) >= 11 is 0. The number of benzene rings is 2. The second-order valence-corrected chi connectivity index (χ2v) is 4.01. The lowest BCUT2D eigenvalue weighted by Gasteiger charge is -2.08. The molecule has 1 heterocycles. The van der Waals surface area contributed by atoms with Crippen LogP contribution in [0.3, 0.4) is 0 Å². The zero-order valence-corrected chi connectivity index (χ0v) is 9.10. The van der Waals surface area contributed by atoms with E-state index in [1.165, 1.54) is 5.56 Å². The van der Waals surface area contributed by atoms with Gasteiger partial charge in [0.25, 0.3) is 0 Å². The molecule has 1 nitrogen and oxygen atoms in total. The Balaban J connectivity index is 2.17. The number of rotatable bonds is 0. The Bertz CT molecular complexity index is 567. The van der Waals surface area contributed by atoms with Crippen molar-refractivity contribution < 1.29 is 4.74 Å². The van der Waals surface area contributed by atoms with E-state index in [-0.39, 0.29) is 0 Å². The summed E-state index contributed by atoms with van der Waals surface area (Å²) in [5.74, 6) is 1.84. The molecule has 0 saturated carbocycles. The highest BCUT2D eigenvalue weighted by Crippen LogP contribution is 2.33. The SMILES string of the molecule is Cc1ccc2c(c1)C=Cc1ccccc1O2. The van der Waals surface area contributed by atoms with Crippen LogP contribution < -0.4 is 4.74 Å². The second kappa shape index (κ2) is 3.53. The Morgan fingerprint density at radius 2 is 1.56 bits per heavy atom. The Morgan fingerprint density at radius 3 is 2.50 bits per heavy atom. The Kier molecular flexibility index (Phi) is 2.03. The summed E-state index contributed by atoms with van der Waals surface area (Å²) < 4.78 is 5.89. The van der Waals surface area contributed by atoms with Gasteiger partial charge in [-0.05, 0) is 25.1 Å². The molecule has 0 atom stereocenters. The van der Waals surface area contributed by atoms with Gasteiger partial charge in [0.2, 0.25) is 0 Å². The van der Waals surface area contributed by atoms with Crippen molar-refractivity contribution in [3.8, 4) is 11.5 Å². The molecule has 0 fully saturated rings. The third kappa shape index (κ3) is 1.50. The molecule has 2 aromatic carbocycles. The summed E-state index contributed by atoms with van der Waals surface area (Å²) in [4.78, 5) is 0. The molecule has 0 spiro atoms. The Morgan fingerprint density at radius 1 is 0.812 bits per heavy atom. The predicted molar refractivity (Wildman–Crippen MR) is 66.6 cm³/mol. The number of ether oxygens (including phenoxy) is 1. The third-order valence-electron chi connectivity index (χ3n) is 2.75. The summed E-state index contributed by atoms with van der Waals surface area (Å²) in [5, 5.41) is 0. The predicted octanol–water partition coefficient (Wildman–Crippen LogP) is 4.27. The Hall–Kier alpha value is -2.02. The first-order valence-corrected chi connectivity index (χ1v) is 5.38. The molecule has 0 aromatic heterocycles. The molecule has 78 valence electrons. The zero-order chi connectivity index (χ0) is 11.0. The van der Waals surface area contributed by atoms with Crippen LogP contribution in [-0.2, 0) is 0 Å². The van der Waals surface area contributed by atoms with E-state index in [9.17, 15) is 0 Å². The van der Waals surface area contributed by atoms with Gasteiger partial charge in [-0.15, -0.1) is 0 Å². The van der Waals surface area contributed by atoms with E-state index in [0.717, 1.165) is 22.6 Å². The highest BCUT2D eigenvalue weighted by atomic mass is 16.5. The molecule has 0 unspecified atom stereocenters. The van der Waals surface area contributed by atoms with Gasteiger partial charge in [0.1, 0.15) is 11.5 Å². The van der Waals surface area contributed by atoms with Crippen LogP contribution >= 0.6 is 0 Å². The van der Waals surface area contributed by atoms with Gasteiger partial charge < -0.3 is 4.74 Å². The lowest BCUT2D eigenvalue weighted by molar-refractivity contribution is 0.481. The molecule has 3 rings (SSSR count). The molecule has 1 aliphatic heterocycles. The van der Waals surface area contributed by atoms with Crippen molar-refractivity contribution in [3.05, 3.63) is 59.2 Å². The first-order chi connectivity index (χ1) is 7.83. The third-order valence-corrected chi connectivity index (χ3v) is 2.75. The van der Waals surface area contributed by atoms with Gasteiger partial charge in [0.15, 0.2) is 0 Å². The maximum atomic E-state index is 5.89. The maximum Gasteiger partial charge on any atom is 0.134 e. The average Bonchev–Trinajstić information content (AvgIpc) is 2.48. The normalized spacial score (nSPS) is 12.3. The summed E-state index contributed by atoms with van der Waals surface area (Å²) in [6.45, 7) is 2.09. The zero-order valence-electron chi connectivity index (χ0n) is 9.10. The second-order valence-electron chi connectivity index (χ2n) is 4.01. The van der Waals surface area contributed by atoms with Gasteiger partial charge >= 0.3 is 0 Å². The number of hydrogen-bond acceptors (Lipinski definition) is 1. The molecule has 2 aromatic rings. The fraction of sp³-hybridized carbons (Fsp3) is 0.0667. The van der Waals surface area contributed by atoms with Gasteiger partial charge in [-0.2, -0.15) is 0 Å². The molecule has 1 aliphatic rings. The molecule has 1 heteroatoms. The van der Waals surface area contributed by atoms with Crippen LogP contribution in [0.15, 0.2) is 42.5 Å². The number of fused-ring (bicyclic) bond motifs is 2. The highest BCUT2D eigenvalue weighted by Gasteiger charge is 2.09. The lowest BCUT2D eigenvalue weighted by atomic mass is 10.1. The van der Waals surface area contributed by atoms with Crippen molar-refractivity contribution in [2.24, 2.45) is 0 Å². The smallest absolute Gasteiger partial charge is 0.134 e. The topological polar surface area (TPSA) is 9.23 Å². The molecular formula is C15H12O. The van der Waals surface area contributed by atoms with E-state index in [2.05, 4.69) is 37.3 Å². The molecule has 16 heavy (non-hydrogen) atoms. The minimum absolute atomic E-state index is 0.918. The van der Waals surface area contributed by atoms with Crippen molar-refractivity contribution >= 4 is 12.2 Å². The Labute approximate surface area is 95.0 Å². The molecule has 0 saturated heterocycles. The van der Waals surface area contributed by atoms with Gasteiger partial charge in [0.05, 0.1) is 0 Å². The first kappa shape index (κ1) is 9.22. The largest absolute Gasteiger partial charge is 0.456 e. The van der Waals surface area contributed by atoms with Crippen LogP contribution in [0.1, 0.15) is 16.7 Å². The summed E-state index contributed by atoms with van der Waals surface area (Å²) in [7, 11) is 0. The van der Waals surface area contributed by atoms with Gasteiger partial charge in [-0.1, -0.05) is 42.0 Å². The summed E-state index contributed by atoms with van der Waals surface area (Å²) in [5.41, 5.74) is 3.51. The number of aryl methyl sites for hydroxylation is 1. The monoisotopic (exact) mass is 208 g/mol. The van der Waals surface area contributed by atoms with E-state index in [1.54, 1.807) is 0 Å². The van der Waals surface area contributed by atoms with E-state index in [1.807, 2.05) is 24.3 Å². The maximum absolute atomic E-state index is 5.89. The van der Waals surface area contributed by atoms with Crippen molar-refractivity contribution in [1.29, 1.82) is 0 Å². The fourth-order valence-corrected chi connectivity index (χ4v) is 1.90. The molecular weight excluding hydrogens is 196 g/mol. The minimum Gasteiger partial charge on any atom is -0.456 e. The van der Waals surface area contributed by atoms with Crippen molar-refractivity contribution in [3.63, 3.8) is 0 Å². The molecule has 0 amide bonds. The van der Waals surface area contributed by atoms with Crippen LogP contribution in [0.5, 0.6) is 11.5 Å². The molecule has 0 radical (unpaired) electrons. The minimum atomic E-state index is 0.918. The highest BCUT2D eigenvalue weighted by molar-refractivity contribution is 5.77. The summed E-state index contributed by atoms with van der Waals surface area (Å²) in [6, 6.07) is 14.3. The molecule has 0 bridgehead atoms. The van der Waals surface area contributed by atoms with Crippen LogP contribution in [0.4, 0.5) is 0 Å². The van der Waals surface area contributed by atoms with Gasteiger partial charge in [-0.3, -0.25) is 0 Å². The van der Waals surface area contributed by atoms with Gasteiger partial charge in [0, 0.05) is 11.1 Å². The number of para-hydroxylation sites is 1. The fourth-order valence-electron chi connectivity index (χ4n) is 1.90. The van der Waals surface area contributed by atoms with E-state index in [0.29, 0.717) is 0 Å². The average molecular weight is 208 g/mol. The standard InChI is InChI=1S/C15H12O/c1-11-6-9-15-13(10-11)8-7-12-4-2-3-5-14(12)16-15/h2-10H,1H3. The van der Waals surface area contributed by atoms with E-state index in [4.69, 9.17) is 4.74 Å². The van der Waals surface area contributed by atoms with Crippen molar-refractivity contribution in [2.75, 3.05) is 0 Å². The van der Waals surface area contributed by atoms with Crippen molar-refractivity contribution in [1.82, 2.24) is 0 Å². The quantitative estimate of drug-likeness (QED) is 0.536. The van der Waals surface area contributed by atoms with E-state index >= 15 is 0 Å². The molecule has 0 aliphatic carbocycles. The van der Waals surface area contributed by atoms with Crippen LogP contribution in [-0.4, -0.2) is 0 Å². The summed E-state index contributed by atoms with van der Waals surface area (Å²) in [6.07, 6.45) is 4.20. The van der Waals surface area contributed by atoms with Crippen molar-refractivity contribution in [2.45, 2.75) is 6.92 Å². The van der Waals surface area contributed by atoms with E-state index < -0.39 is 0 Å². The van der Waals surface area contributed by atoms with Crippen LogP contribution in [0.25, 0.3) is 12.2 Å². The number of hydrogen-bond donors (Lipinski definition) is 0. The molecule has 0 N–H and O–H groups in total. The van der Waals surface area contributed by atoms with Crippen LogP contribution in [0, 0.1) is 6.92 Å². The van der Waals surface area contributed by atoms with Crippen LogP contribution in [0.2, 0.25) is 0 Å². The first-order valence-electron chi connectivity index (χ1n) is 5.38. The van der Waals surface area contributed by atoms with Gasteiger partial charge in [-0.25, -0.2) is 0 Å².